The van der Waals surface area contributed by atoms with E-state index in [2.05, 4.69) is 17.6 Å². The van der Waals surface area contributed by atoms with E-state index in [-0.39, 0.29) is 23.8 Å². The number of hydrogen-bond acceptors (Lipinski definition) is 4. The Morgan fingerprint density at radius 3 is 2.17 bits per heavy atom. The van der Waals surface area contributed by atoms with Crippen LogP contribution in [0.5, 0.6) is 0 Å². The van der Waals surface area contributed by atoms with Crippen LogP contribution in [0.15, 0.2) is 54.6 Å². The van der Waals surface area contributed by atoms with Gasteiger partial charge in [0.1, 0.15) is 11.6 Å². The molecule has 0 radical (unpaired) electrons. The summed E-state index contributed by atoms with van der Waals surface area (Å²) in [7, 11) is 0. The number of aryl methyl sites for hydroxylation is 1. The lowest BCUT2D eigenvalue weighted by Crippen LogP contribution is -2.50. The number of piperidine rings is 1. The van der Waals surface area contributed by atoms with Crippen LogP contribution in [0.2, 0.25) is 0 Å². The Morgan fingerprint density at radius 1 is 0.971 bits per heavy atom. The van der Waals surface area contributed by atoms with Gasteiger partial charge in [-0.3, -0.25) is 9.59 Å². The number of ether oxygens (including phenoxy) is 1. The molecule has 1 aliphatic heterocycles. The lowest BCUT2D eigenvalue weighted by molar-refractivity contribution is -0.130. The largest absolute Gasteiger partial charge is 0.444 e. The minimum Gasteiger partial charge on any atom is -0.444 e. The lowest BCUT2D eigenvalue weighted by Gasteiger charge is -2.33. The highest BCUT2D eigenvalue weighted by atomic mass is 16.6. The maximum absolute atomic E-state index is 13.2. The smallest absolute Gasteiger partial charge is 0.410 e. The van der Waals surface area contributed by atoms with Crippen LogP contribution in [-0.4, -0.2) is 47.5 Å². The van der Waals surface area contributed by atoms with Gasteiger partial charge in [0.05, 0.1) is 0 Å². The molecule has 1 fully saturated rings. The molecule has 1 unspecified atom stereocenters. The van der Waals surface area contributed by atoms with Crippen molar-refractivity contribution in [2.24, 2.45) is 5.92 Å². The summed E-state index contributed by atoms with van der Waals surface area (Å²) in [6.45, 7) is 8.49. The Hall–Kier alpha value is -3.35. The van der Waals surface area contributed by atoms with Crippen LogP contribution >= 0.6 is 0 Å². The first-order valence-corrected chi connectivity index (χ1v) is 12.4. The van der Waals surface area contributed by atoms with Crippen molar-refractivity contribution in [1.29, 1.82) is 0 Å². The van der Waals surface area contributed by atoms with Crippen molar-refractivity contribution < 1.29 is 19.1 Å². The van der Waals surface area contributed by atoms with Gasteiger partial charge < -0.3 is 20.3 Å². The van der Waals surface area contributed by atoms with Crippen LogP contribution in [0, 0.1) is 5.92 Å². The molecule has 2 N–H and O–H groups in total. The highest BCUT2D eigenvalue weighted by Crippen LogP contribution is 2.21. The van der Waals surface area contributed by atoms with Gasteiger partial charge >= 0.3 is 6.09 Å². The van der Waals surface area contributed by atoms with Crippen molar-refractivity contribution >= 4 is 23.6 Å². The number of amides is 3. The summed E-state index contributed by atoms with van der Waals surface area (Å²) in [6, 6.07) is 16.7. The van der Waals surface area contributed by atoms with Gasteiger partial charge in [-0.25, -0.2) is 4.79 Å². The maximum Gasteiger partial charge on any atom is 0.410 e. The first kappa shape index (κ1) is 26.3. The zero-order valence-electron chi connectivity index (χ0n) is 21.2. The van der Waals surface area contributed by atoms with Gasteiger partial charge in [0, 0.05) is 31.1 Å². The van der Waals surface area contributed by atoms with E-state index >= 15 is 0 Å². The number of hydrogen-bond donors (Lipinski definition) is 2. The van der Waals surface area contributed by atoms with E-state index in [4.69, 9.17) is 4.74 Å². The Bertz CT molecular complexity index is 991. The molecule has 0 aliphatic carbocycles. The molecule has 3 rings (SSSR count). The normalized spacial score (nSPS) is 15.3. The van der Waals surface area contributed by atoms with E-state index in [1.54, 1.807) is 4.90 Å². The number of nitrogens with one attached hydrogen (secondary N) is 2. The average molecular weight is 480 g/mol. The van der Waals surface area contributed by atoms with Gasteiger partial charge in [-0.1, -0.05) is 49.4 Å². The van der Waals surface area contributed by atoms with Crippen LogP contribution < -0.4 is 10.6 Å². The molecule has 2 aromatic rings. The highest BCUT2D eigenvalue weighted by molar-refractivity contribution is 5.97. The van der Waals surface area contributed by atoms with E-state index in [9.17, 15) is 14.4 Å². The molecule has 0 spiro atoms. The highest BCUT2D eigenvalue weighted by Gasteiger charge is 2.32. The van der Waals surface area contributed by atoms with Crippen LogP contribution in [0.4, 0.5) is 10.5 Å². The Labute approximate surface area is 208 Å². The summed E-state index contributed by atoms with van der Waals surface area (Å²) in [5.41, 5.74) is 2.30. The fourth-order valence-electron chi connectivity index (χ4n) is 4.05. The number of carbonyl (C=O) groups excluding carboxylic acids is 3. The molecule has 0 saturated carbocycles. The van der Waals surface area contributed by atoms with Gasteiger partial charge in [0.2, 0.25) is 11.8 Å². The van der Waals surface area contributed by atoms with Crippen LogP contribution in [0.1, 0.15) is 51.7 Å². The van der Waals surface area contributed by atoms with Gasteiger partial charge in [0.25, 0.3) is 0 Å². The third-order valence-corrected chi connectivity index (χ3v) is 6.06. The summed E-state index contributed by atoms with van der Waals surface area (Å²) < 4.78 is 5.44. The predicted molar refractivity (Wildman–Crippen MR) is 137 cm³/mol. The van der Waals surface area contributed by atoms with E-state index in [1.807, 2.05) is 75.4 Å². The molecule has 1 saturated heterocycles. The predicted octanol–water partition coefficient (Wildman–Crippen LogP) is 4.56. The number of nitrogens with zero attached hydrogens (tertiary/aromatic N) is 1. The molecular weight excluding hydrogens is 442 g/mol. The molecule has 7 heteroatoms. The van der Waals surface area contributed by atoms with Gasteiger partial charge in [0.15, 0.2) is 0 Å². The quantitative estimate of drug-likeness (QED) is 0.609. The number of likely N-dealkylation sites (tertiary alicyclic amines) is 1. The molecule has 3 amide bonds. The third kappa shape index (κ3) is 8.12. The molecule has 1 heterocycles. The van der Waals surface area contributed by atoms with E-state index < -0.39 is 11.6 Å². The number of rotatable bonds is 7. The Morgan fingerprint density at radius 2 is 1.60 bits per heavy atom. The summed E-state index contributed by atoms with van der Waals surface area (Å²) >= 11 is 0. The molecule has 0 bridgehead atoms. The van der Waals surface area contributed by atoms with Crippen LogP contribution in [0.3, 0.4) is 0 Å². The molecule has 1 aliphatic rings. The first-order chi connectivity index (χ1) is 16.6. The standard InChI is InChI=1S/C28H37N3O4/c1-5-20-11-13-23(14-12-20)29-26(33)24(19-21-9-7-6-8-10-21)30-25(32)22-15-17-31(18-16-22)27(34)35-28(2,3)4/h6-14,22,24H,5,15-19H2,1-4H3,(H,29,33)(H,30,32). The summed E-state index contributed by atoms with van der Waals surface area (Å²) in [4.78, 5) is 40.3. The second-order valence-electron chi connectivity index (χ2n) is 10.0. The summed E-state index contributed by atoms with van der Waals surface area (Å²) in [5.74, 6) is -0.674. The third-order valence-electron chi connectivity index (χ3n) is 6.06. The van der Waals surface area contributed by atoms with Crippen molar-refractivity contribution in [3.05, 3.63) is 65.7 Å². The Kier molecular flexibility index (Phi) is 8.90. The van der Waals surface area contributed by atoms with Crippen molar-refractivity contribution in [2.45, 2.75) is 65.0 Å². The van der Waals surface area contributed by atoms with Crippen LogP contribution in [-0.2, 0) is 27.2 Å². The van der Waals surface area contributed by atoms with Gasteiger partial charge in [-0.05, 0) is 63.3 Å². The summed E-state index contributed by atoms with van der Waals surface area (Å²) in [6.07, 6.45) is 2.02. The fraction of sp³-hybridized carbons (Fsp3) is 0.464. The van der Waals surface area contributed by atoms with Gasteiger partial charge in [-0.2, -0.15) is 0 Å². The van der Waals surface area contributed by atoms with Crippen molar-refractivity contribution in [2.75, 3.05) is 18.4 Å². The molecule has 35 heavy (non-hydrogen) atoms. The van der Waals surface area contributed by atoms with Crippen molar-refractivity contribution in [1.82, 2.24) is 10.2 Å². The monoisotopic (exact) mass is 479 g/mol. The molecule has 1 atom stereocenters. The molecule has 0 aromatic heterocycles. The van der Waals surface area contributed by atoms with Crippen molar-refractivity contribution in [3.63, 3.8) is 0 Å². The zero-order valence-corrected chi connectivity index (χ0v) is 21.2. The zero-order chi connectivity index (χ0) is 25.4. The molecule has 188 valence electrons. The van der Waals surface area contributed by atoms with E-state index in [1.165, 1.54) is 5.56 Å². The summed E-state index contributed by atoms with van der Waals surface area (Å²) in [5, 5.41) is 5.92. The lowest BCUT2D eigenvalue weighted by atomic mass is 9.95. The Balaban J connectivity index is 1.62. The second-order valence-corrected chi connectivity index (χ2v) is 10.0. The van der Waals surface area contributed by atoms with E-state index in [0.717, 1.165) is 12.0 Å². The second kappa shape index (κ2) is 11.9. The molecular formula is C28H37N3O4. The van der Waals surface area contributed by atoms with Crippen LogP contribution in [0.25, 0.3) is 0 Å². The average Bonchev–Trinajstić information content (AvgIpc) is 2.83. The molecule has 2 aromatic carbocycles. The maximum atomic E-state index is 13.2. The first-order valence-electron chi connectivity index (χ1n) is 12.4. The minimum atomic E-state index is -0.709. The number of carbonyl (C=O) groups is 3. The molecule has 7 nitrogen and oxygen atoms in total. The van der Waals surface area contributed by atoms with Gasteiger partial charge in [-0.15, -0.1) is 0 Å². The topological polar surface area (TPSA) is 87.7 Å². The number of benzene rings is 2. The SMILES string of the molecule is CCc1ccc(NC(=O)C(Cc2ccccc2)NC(=O)C2CCN(C(=O)OC(C)(C)C)CC2)cc1. The van der Waals surface area contributed by atoms with Crippen molar-refractivity contribution in [3.8, 4) is 0 Å². The van der Waals surface area contributed by atoms with E-state index in [0.29, 0.717) is 38.0 Å². The minimum absolute atomic E-state index is 0.161. The fourth-order valence-corrected chi connectivity index (χ4v) is 4.05. The number of anilines is 1.